The van der Waals surface area contributed by atoms with Crippen molar-refractivity contribution >= 4 is 5.69 Å². The molecule has 0 saturated heterocycles. The number of hydrogen-bond donors (Lipinski definition) is 0. The summed E-state index contributed by atoms with van der Waals surface area (Å²) in [7, 11) is 0. The van der Waals surface area contributed by atoms with Crippen LogP contribution < -0.4 is 0 Å². The van der Waals surface area contributed by atoms with Gasteiger partial charge in [0, 0.05) is 17.7 Å². The molecule has 1 heterocycles. The molecule has 0 amide bonds. The van der Waals surface area contributed by atoms with Gasteiger partial charge in [-0.05, 0) is 17.0 Å². The van der Waals surface area contributed by atoms with Crippen molar-refractivity contribution in [3.8, 4) is 11.3 Å². The van der Waals surface area contributed by atoms with E-state index in [9.17, 15) is 10.1 Å². The van der Waals surface area contributed by atoms with Gasteiger partial charge in [-0.15, -0.1) is 5.10 Å². The Hall–Kier alpha value is -3.02. The van der Waals surface area contributed by atoms with Crippen LogP contribution in [0.4, 0.5) is 5.69 Å². The molecule has 6 heteroatoms. The van der Waals surface area contributed by atoms with E-state index in [1.807, 2.05) is 6.20 Å². The summed E-state index contributed by atoms with van der Waals surface area (Å²) in [5, 5.41) is 19.0. The third kappa shape index (κ3) is 3.48. The smallest absolute Gasteiger partial charge is 0.258 e. The van der Waals surface area contributed by atoms with Gasteiger partial charge in [-0.1, -0.05) is 55.5 Å². The molecule has 122 valence electrons. The summed E-state index contributed by atoms with van der Waals surface area (Å²) in [6, 6.07) is 14.8. The first kappa shape index (κ1) is 15.9. The summed E-state index contributed by atoms with van der Waals surface area (Å²) in [6.45, 7) is 4.85. The van der Waals surface area contributed by atoms with Crippen molar-refractivity contribution in [3.63, 3.8) is 0 Å². The molecule has 6 nitrogen and oxygen atoms in total. The zero-order chi connectivity index (χ0) is 17.1. The van der Waals surface area contributed by atoms with Crippen LogP contribution in [0.1, 0.15) is 30.9 Å². The minimum Gasteiger partial charge on any atom is -0.258 e. The Morgan fingerprint density at radius 2 is 1.75 bits per heavy atom. The second-order valence-corrected chi connectivity index (χ2v) is 6.00. The molecule has 0 fully saturated rings. The average molecular weight is 322 g/mol. The maximum absolute atomic E-state index is 10.7. The Balaban J connectivity index is 1.74. The molecule has 2 aromatic carbocycles. The van der Waals surface area contributed by atoms with Gasteiger partial charge < -0.3 is 0 Å². The Morgan fingerprint density at radius 1 is 1.08 bits per heavy atom. The highest BCUT2D eigenvalue weighted by molar-refractivity contribution is 5.58. The zero-order valence-corrected chi connectivity index (χ0v) is 13.6. The second kappa shape index (κ2) is 6.62. The van der Waals surface area contributed by atoms with Gasteiger partial charge in [0.15, 0.2) is 0 Å². The number of benzene rings is 2. The van der Waals surface area contributed by atoms with Crippen molar-refractivity contribution in [2.75, 3.05) is 0 Å². The van der Waals surface area contributed by atoms with Crippen LogP contribution >= 0.6 is 0 Å². The van der Waals surface area contributed by atoms with E-state index in [-0.39, 0.29) is 5.69 Å². The summed E-state index contributed by atoms with van der Waals surface area (Å²) >= 11 is 0. The topological polar surface area (TPSA) is 73.8 Å². The third-order valence-corrected chi connectivity index (χ3v) is 3.90. The lowest BCUT2D eigenvalue weighted by Crippen LogP contribution is -2.00. The van der Waals surface area contributed by atoms with Gasteiger partial charge in [0.2, 0.25) is 0 Å². The normalized spacial score (nSPS) is 11.0. The molecule has 0 N–H and O–H groups in total. The quantitative estimate of drug-likeness (QED) is 0.525. The van der Waals surface area contributed by atoms with E-state index in [0.29, 0.717) is 12.5 Å². The second-order valence-electron chi connectivity index (χ2n) is 6.00. The van der Waals surface area contributed by atoms with Crippen molar-refractivity contribution in [3.05, 3.63) is 76.0 Å². The van der Waals surface area contributed by atoms with E-state index in [2.05, 4.69) is 48.4 Å². The van der Waals surface area contributed by atoms with E-state index in [4.69, 9.17) is 0 Å². The molecular formula is C18H18N4O2. The summed E-state index contributed by atoms with van der Waals surface area (Å²) in [5.41, 5.74) is 4.15. The number of rotatable bonds is 5. The number of hydrogen-bond acceptors (Lipinski definition) is 4. The van der Waals surface area contributed by atoms with Crippen molar-refractivity contribution in [1.82, 2.24) is 15.0 Å². The zero-order valence-electron chi connectivity index (χ0n) is 13.6. The van der Waals surface area contributed by atoms with Crippen molar-refractivity contribution in [2.45, 2.75) is 26.3 Å². The van der Waals surface area contributed by atoms with Gasteiger partial charge in [0.05, 0.1) is 17.7 Å². The van der Waals surface area contributed by atoms with E-state index < -0.39 is 4.92 Å². The molecule has 3 aromatic rings. The molecule has 1 aromatic heterocycles. The molecule has 0 aliphatic heterocycles. The summed E-state index contributed by atoms with van der Waals surface area (Å²) in [4.78, 5) is 10.3. The summed E-state index contributed by atoms with van der Waals surface area (Å²) in [6.07, 6.45) is 1.88. The van der Waals surface area contributed by atoms with E-state index in [1.165, 1.54) is 17.7 Å². The van der Waals surface area contributed by atoms with Gasteiger partial charge in [0.25, 0.3) is 5.69 Å². The molecule has 0 unspecified atom stereocenters. The first-order chi connectivity index (χ1) is 11.5. The van der Waals surface area contributed by atoms with Crippen molar-refractivity contribution < 1.29 is 4.92 Å². The first-order valence-electron chi connectivity index (χ1n) is 7.77. The Kier molecular flexibility index (Phi) is 4.37. The van der Waals surface area contributed by atoms with Crippen molar-refractivity contribution in [1.29, 1.82) is 0 Å². The van der Waals surface area contributed by atoms with Crippen LogP contribution in [0.3, 0.4) is 0 Å². The van der Waals surface area contributed by atoms with Gasteiger partial charge in [-0.3, -0.25) is 10.1 Å². The number of non-ortho nitro benzene ring substituents is 1. The number of nitrogens with zero attached hydrogens (tertiary/aromatic N) is 4. The highest BCUT2D eigenvalue weighted by Gasteiger charge is 2.07. The van der Waals surface area contributed by atoms with Crippen LogP contribution in [0.15, 0.2) is 54.7 Å². The average Bonchev–Trinajstić information content (AvgIpc) is 3.04. The van der Waals surface area contributed by atoms with Crippen LogP contribution in [0.25, 0.3) is 11.3 Å². The fourth-order valence-electron chi connectivity index (χ4n) is 2.46. The molecule has 0 bridgehead atoms. The third-order valence-electron chi connectivity index (χ3n) is 3.90. The molecule has 0 aliphatic rings. The minimum absolute atomic E-state index is 0.0864. The Labute approximate surface area is 139 Å². The van der Waals surface area contributed by atoms with Crippen molar-refractivity contribution in [2.24, 2.45) is 0 Å². The molecule has 24 heavy (non-hydrogen) atoms. The van der Waals surface area contributed by atoms with Gasteiger partial charge in [0.1, 0.15) is 5.69 Å². The molecule has 3 rings (SSSR count). The summed E-state index contributed by atoms with van der Waals surface area (Å²) in [5.74, 6) is 0.497. The number of nitro benzene ring substituents is 1. The maximum atomic E-state index is 10.7. The van der Waals surface area contributed by atoms with E-state index in [1.54, 1.807) is 16.8 Å². The lowest BCUT2D eigenvalue weighted by atomic mass is 10.0. The van der Waals surface area contributed by atoms with Crippen LogP contribution in [-0.2, 0) is 6.54 Å². The minimum atomic E-state index is -0.405. The van der Waals surface area contributed by atoms with E-state index >= 15 is 0 Å². The van der Waals surface area contributed by atoms with Crippen LogP contribution in [-0.4, -0.2) is 19.9 Å². The molecule has 0 saturated carbocycles. The van der Waals surface area contributed by atoms with Gasteiger partial charge in [-0.2, -0.15) is 0 Å². The fraction of sp³-hybridized carbons (Fsp3) is 0.222. The van der Waals surface area contributed by atoms with Crippen LogP contribution in [0, 0.1) is 10.1 Å². The highest BCUT2D eigenvalue weighted by Crippen LogP contribution is 2.21. The predicted molar refractivity (Wildman–Crippen MR) is 91.7 cm³/mol. The molecule has 0 radical (unpaired) electrons. The molecule has 0 aliphatic carbocycles. The van der Waals surface area contributed by atoms with Crippen LogP contribution in [0.2, 0.25) is 0 Å². The largest absolute Gasteiger partial charge is 0.269 e. The molecule has 0 atom stereocenters. The summed E-state index contributed by atoms with van der Waals surface area (Å²) < 4.78 is 1.73. The molecular weight excluding hydrogens is 304 g/mol. The van der Waals surface area contributed by atoms with Gasteiger partial charge >= 0.3 is 0 Å². The number of aromatic nitrogens is 3. The monoisotopic (exact) mass is 322 g/mol. The lowest BCUT2D eigenvalue weighted by molar-refractivity contribution is -0.384. The fourth-order valence-corrected chi connectivity index (χ4v) is 2.46. The standard InChI is InChI=1S/C18H18N4O2/c1-13(2)15-5-7-16(8-6-15)18-12-21(20-19-18)11-14-3-9-17(10-4-14)22(23)24/h3-10,12-13H,11H2,1-2H3. The predicted octanol–water partition coefficient (Wildman–Crippen LogP) is 4.03. The Bertz CT molecular complexity index is 836. The van der Waals surface area contributed by atoms with Gasteiger partial charge in [-0.25, -0.2) is 4.68 Å². The van der Waals surface area contributed by atoms with E-state index in [0.717, 1.165) is 16.8 Å². The lowest BCUT2D eigenvalue weighted by Gasteiger charge is -2.05. The Morgan fingerprint density at radius 3 is 2.33 bits per heavy atom. The number of nitro groups is 1. The first-order valence-corrected chi connectivity index (χ1v) is 7.77. The maximum Gasteiger partial charge on any atom is 0.269 e. The molecule has 0 spiro atoms. The highest BCUT2D eigenvalue weighted by atomic mass is 16.6. The van der Waals surface area contributed by atoms with Crippen LogP contribution in [0.5, 0.6) is 0 Å². The SMILES string of the molecule is CC(C)c1ccc(-c2cn(Cc3ccc([N+](=O)[O-])cc3)nn2)cc1.